The van der Waals surface area contributed by atoms with Gasteiger partial charge in [0.05, 0.1) is 0 Å². The van der Waals surface area contributed by atoms with Crippen molar-refractivity contribution >= 4 is 5.97 Å². The van der Waals surface area contributed by atoms with Crippen molar-refractivity contribution in [1.82, 2.24) is 0 Å². The van der Waals surface area contributed by atoms with E-state index in [1.807, 2.05) is 6.92 Å². The number of carbonyl (C=O) groups excluding carboxylic acids is 1. The Morgan fingerprint density at radius 2 is 2.30 bits per heavy atom. The van der Waals surface area contributed by atoms with Gasteiger partial charge in [0.1, 0.15) is 0 Å². The van der Waals surface area contributed by atoms with Crippen LogP contribution in [0, 0.1) is 11.3 Å². The van der Waals surface area contributed by atoms with Crippen LogP contribution in [0.5, 0.6) is 0 Å². The monoisotopic (exact) mass is 134 g/mol. The molecule has 0 heterocycles. The molecule has 0 aromatic carbocycles. The maximum absolute atomic E-state index is 10.3. The second-order valence-corrected chi connectivity index (χ2v) is 3.01. The third kappa shape index (κ3) is 1.38. The summed E-state index contributed by atoms with van der Waals surface area (Å²) in [7, 11) is 0. The summed E-state index contributed by atoms with van der Waals surface area (Å²) in [6.45, 7) is 3.77. The SMILES string of the molecule is CCC1CC1(C)C(=O)[O-].[Li+]. The predicted octanol–water partition coefficient (Wildman–Crippen LogP) is -2.82. The van der Waals surface area contributed by atoms with Gasteiger partial charge in [-0.15, -0.1) is 0 Å². The molecule has 1 rings (SSSR count). The summed E-state index contributed by atoms with van der Waals surface area (Å²) >= 11 is 0. The number of hydrogen-bond donors (Lipinski definition) is 0. The Hall–Kier alpha value is 0.0674. The van der Waals surface area contributed by atoms with Crippen molar-refractivity contribution < 1.29 is 28.8 Å². The fraction of sp³-hybridized carbons (Fsp3) is 0.857. The Morgan fingerprint density at radius 1 is 1.80 bits per heavy atom. The second-order valence-electron chi connectivity index (χ2n) is 3.01. The van der Waals surface area contributed by atoms with Crippen molar-refractivity contribution in [3.05, 3.63) is 0 Å². The molecule has 0 aromatic heterocycles. The predicted molar refractivity (Wildman–Crippen MR) is 31.5 cm³/mol. The zero-order valence-electron chi connectivity index (χ0n) is 6.81. The molecule has 0 spiro atoms. The first-order valence-corrected chi connectivity index (χ1v) is 3.32. The number of carbonyl (C=O) groups is 1. The molecule has 2 nitrogen and oxygen atoms in total. The van der Waals surface area contributed by atoms with Gasteiger partial charge in [-0.1, -0.05) is 20.3 Å². The molecule has 1 fully saturated rings. The molecule has 0 N–H and O–H groups in total. The number of carboxylic acid groups (broad SMARTS) is 1. The van der Waals surface area contributed by atoms with E-state index in [-0.39, 0.29) is 18.9 Å². The van der Waals surface area contributed by atoms with E-state index in [0.717, 1.165) is 12.8 Å². The molecule has 0 saturated heterocycles. The summed E-state index contributed by atoms with van der Waals surface area (Å²) in [6, 6.07) is 0. The van der Waals surface area contributed by atoms with Crippen molar-refractivity contribution in [1.29, 1.82) is 0 Å². The first-order valence-electron chi connectivity index (χ1n) is 3.32. The van der Waals surface area contributed by atoms with Gasteiger partial charge in [-0.05, 0) is 12.3 Å². The van der Waals surface area contributed by atoms with Crippen LogP contribution >= 0.6 is 0 Å². The van der Waals surface area contributed by atoms with Gasteiger partial charge in [0, 0.05) is 11.4 Å². The van der Waals surface area contributed by atoms with Gasteiger partial charge in [-0.3, -0.25) is 0 Å². The Bertz CT molecular complexity index is 147. The summed E-state index contributed by atoms with van der Waals surface area (Å²) in [5, 5.41) is 10.3. The van der Waals surface area contributed by atoms with E-state index >= 15 is 0 Å². The Kier molecular flexibility index (Phi) is 3.00. The van der Waals surface area contributed by atoms with Gasteiger partial charge in [0.15, 0.2) is 0 Å². The third-order valence-corrected chi connectivity index (χ3v) is 2.37. The van der Waals surface area contributed by atoms with Crippen LogP contribution in [-0.4, -0.2) is 5.97 Å². The van der Waals surface area contributed by atoms with Crippen molar-refractivity contribution in [3.63, 3.8) is 0 Å². The van der Waals surface area contributed by atoms with Crippen molar-refractivity contribution in [2.75, 3.05) is 0 Å². The van der Waals surface area contributed by atoms with E-state index < -0.39 is 11.4 Å². The summed E-state index contributed by atoms with van der Waals surface area (Å²) < 4.78 is 0. The first-order chi connectivity index (χ1) is 4.11. The largest absolute Gasteiger partial charge is 1.00 e. The Balaban J connectivity index is 0.000000810. The fourth-order valence-corrected chi connectivity index (χ4v) is 1.30. The molecule has 10 heavy (non-hydrogen) atoms. The molecular formula is C7H11LiO2. The van der Waals surface area contributed by atoms with Crippen LogP contribution in [0.1, 0.15) is 26.7 Å². The molecule has 0 bridgehead atoms. The van der Waals surface area contributed by atoms with Crippen LogP contribution in [0.4, 0.5) is 0 Å². The standard InChI is InChI=1S/C7H12O2.Li/c1-3-5-4-7(5,2)6(8)9;/h5H,3-4H2,1-2H3,(H,8,9);/q;+1/p-1. The van der Waals surface area contributed by atoms with Gasteiger partial charge in [-0.2, -0.15) is 0 Å². The maximum Gasteiger partial charge on any atom is 1.00 e. The number of rotatable bonds is 2. The molecule has 0 aliphatic heterocycles. The van der Waals surface area contributed by atoms with Gasteiger partial charge in [0.25, 0.3) is 0 Å². The molecule has 2 unspecified atom stereocenters. The quantitative estimate of drug-likeness (QED) is 0.382. The van der Waals surface area contributed by atoms with E-state index in [1.54, 1.807) is 6.92 Å². The van der Waals surface area contributed by atoms with Crippen LogP contribution in [-0.2, 0) is 4.79 Å². The van der Waals surface area contributed by atoms with Crippen LogP contribution in [0.15, 0.2) is 0 Å². The van der Waals surface area contributed by atoms with Crippen LogP contribution in [0.3, 0.4) is 0 Å². The second kappa shape index (κ2) is 2.98. The minimum absolute atomic E-state index is 0. The van der Waals surface area contributed by atoms with Gasteiger partial charge in [-0.25, -0.2) is 0 Å². The van der Waals surface area contributed by atoms with E-state index in [1.165, 1.54) is 0 Å². The number of hydrogen-bond acceptors (Lipinski definition) is 2. The van der Waals surface area contributed by atoms with Crippen molar-refractivity contribution in [2.24, 2.45) is 11.3 Å². The summed E-state index contributed by atoms with van der Waals surface area (Å²) in [4.78, 5) is 10.3. The molecule has 52 valence electrons. The topological polar surface area (TPSA) is 40.1 Å². The Morgan fingerprint density at radius 3 is 2.40 bits per heavy atom. The first kappa shape index (κ1) is 10.1. The number of aliphatic carboxylic acids is 1. The van der Waals surface area contributed by atoms with E-state index in [4.69, 9.17) is 0 Å². The smallest absolute Gasteiger partial charge is 0.550 e. The maximum atomic E-state index is 10.3. The van der Waals surface area contributed by atoms with Crippen molar-refractivity contribution in [2.45, 2.75) is 26.7 Å². The molecule has 0 radical (unpaired) electrons. The van der Waals surface area contributed by atoms with Gasteiger partial charge < -0.3 is 9.90 Å². The molecule has 1 aliphatic rings. The van der Waals surface area contributed by atoms with Crippen molar-refractivity contribution in [3.8, 4) is 0 Å². The minimum Gasteiger partial charge on any atom is -0.550 e. The molecule has 1 saturated carbocycles. The molecule has 1 aliphatic carbocycles. The van der Waals surface area contributed by atoms with Gasteiger partial charge in [0.2, 0.25) is 0 Å². The third-order valence-electron chi connectivity index (χ3n) is 2.37. The summed E-state index contributed by atoms with van der Waals surface area (Å²) in [6.07, 6.45) is 1.77. The molecular weight excluding hydrogens is 123 g/mol. The molecule has 2 atom stereocenters. The summed E-state index contributed by atoms with van der Waals surface area (Å²) in [5.74, 6) is -0.503. The zero-order chi connectivity index (χ0) is 7.07. The molecule has 3 heteroatoms. The van der Waals surface area contributed by atoms with E-state index in [0.29, 0.717) is 5.92 Å². The fourth-order valence-electron chi connectivity index (χ4n) is 1.30. The van der Waals surface area contributed by atoms with E-state index in [9.17, 15) is 9.90 Å². The average Bonchev–Trinajstić information content (AvgIpc) is 2.44. The molecule has 0 amide bonds. The van der Waals surface area contributed by atoms with Crippen LogP contribution < -0.4 is 24.0 Å². The average molecular weight is 134 g/mol. The minimum atomic E-state index is -0.880. The van der Waals surface area contributed by atoms with Crippen LogP contribution in [0.25, 0.3) is 0 Å². The zero-order valence-corrected chi connectivity index (χ0v) is 6.81. The normalized spacial score (nSPS) is 36.4. The summed E-state index contributed by atoms with van der Waals surface area (Å²) in [5.41, 5.74) is -0.477. The van der Waals surface area contributed by atoms with Crippen LogP contribution in [0.2, 0.25) is 0 Å². The molecule has 0 aromatic rings. The number of carboxylic acids is 1. The Labute approximate surface area is 73.2 Å². The van der Waals surface area contributed by atoms with E-state index in [2.05, 4.69) is 0 Å². The van der Waals surface area contributed by atoms with Gasteiger partial charge >= 0.3 is 18.9 Å².